The zero-order valence-corrected chi connectivity index (χ0v) is 6.78. The van der Waals surface area contributed by atoms with Gasteiger partial charge in [0.1, 0.15) is 0 Å². The lowest BCUT2D eigenvalue weighted by Gasteiger charge is -1.98. The second-order valence-corrected chi connectivity index (χ2v) is 2.70. The van der Waals surface area contributed by atoms with E-state index in [2.05, 4.69) is 20.9 Å². The Morgan fingerprint density at radius 3 is 2.55 bits per heavy atom. The predicted octanol–water partition coefficient (Wildman–Crippen LogP) is 2.92. The summed E-state index contributed by atoms with van der Waals surface area (Å²) in [4.78, 5) is 3.11. The monoisotopic (exact) mass is 225 g/mol. The Bertz CT molecular complexity index is 264. The van der Waals surface area contributed by atoms with E-state index >= 15 is 0 Å². The average molecular weight is 226 g/mol. The van der Waals surface area contributed by atoms with Crippen molar-refractivity contribution in [1.29, 1.82) is 0 Å². The zero-order valence-electron chi connectivity index (χ0n) is 5.19. The summed E-state index contributed by atoms with van der Waals surface area (Å²) >= 11 is 2.74. The standard InChI is InChI=1S/C6H3BrF3N/c7-4-1-3(5(8)9)2-11-6(4)10/h1-2,5H. The van der Waals surface area contributed by atoms with Crippen LogP contribution in [-0.4, -0.2) is 4.98 Å². The molecule has 0 saturated carbocycles. The molecule has 0 amide bonds. The van der Waals surface area contributed by atoms with Crippen LogP contribution >= 0.6 is 15.9 Å². The quantitative estimate of drug-likeness (QED) is 0.671. The third-order valence-electron chi connectivity index (χ3n) is 1.07. The number of hydrogen-bond donors (Lipinski definition) is 0. The number of halogens is 4. The molecule has 0 aromatic carbocycles. The summed E-state index contributed by atoms with van der Waals surface area (Å²) in [6, 6.07) is 1.01. The van der Waals surface area contributed by atoms with Gasteiger partial charge in [0.15, 0.2) is 0 Å². The number of alkyl halides is 2. The van der Waals surface area contributed by atoms with Crippen molar-refractivity contribution >= 4 is 15.9 Å². The van der Waals surface area contributed by atoms with Gasteiger partial charge in [0.25, 0.3) is 6.43 Å². The number of nitrogens with zero attached hydrogens (tertiary/aromatic N) is 1. The van der Waals surface area contributed by atoms with Crippen molar-refractivity contribution in [2.75, 3.05) is 0 Å². The second-order valence-electron chi connectivity index (χ2n) is 1.84. The molecule has 0 unspecified atom stereocenters. The van der Waals surface area contributed by atoms with Crippen LogP contribution in [0, 0.1) is 5.95 Å². The fraction of sp³-hybridized carbons (Fsp3) is 0.167. The van der Waals surface area contributed by atoms with E-state index in [1.807, 2.05) is 0 Å². The van der Waals surface area contributed by atoms with Gasteiger partial charge in [-0.05, 0) is 22.0 Å². The van der Waals surface area contributed by atoms with Crippen LogP contribution in [0.4, 0.5) is 13.2 Å². The van der Waals surface area contributed by atoms with Crippen LogP contribution in [0.15, 0.2) is 16.7 Å². The molecule has 0 radical (unpaired) electrons. The molecule has 0 atom stereocenters. The fourth-order valence-corrected chi connectivity index (χ4v) is 0.922. The van der Waals surface area contributed by atoms with Crippen molar-refractivity contribution < 1.29 is 13.2 Å². The summed E-state index contributed by atoms with van der Waals surface area (Å²) < 4.78 is 36.1. The molecule has 5 heteroatoms. The minimum absolute atomic E-state index is 0.0460. The molecule has 0 saturated heterocycles. The molecule has 0 aliphatic carbocycles. The highest BCUT2D eigenvalue weighted by molar-refractivity contribution is 9.10. The molecule has 1 heterocycles. The van der Waals surface area contributed by atoms with Crippen molar-refractivity contribution in [1.82, 2.24) is 4.98 Å². The maximum Gasteiger partial charge on any atom is 0.265 e. The Balaban J connectivity index is 3.05. The summed E-state index contributed by atoms with van der Waals surface area (Å²) in [6.07, 6.45) is -1.80. The summed E-state index contributed by atoms with van der Waals surface area (Å²) in [5, 5.41) is 0. The van der Waals surface area contributed by atoms with E-state index in [-0.39, 0.29) is 10.0 Å². The third kappa shape index (κ3) is 1.92. The Morgan fingerprint density at radius 2 is 2.09 bits per heavy atom. The van der Waals surface area contributed by atoms with Crippen molar-refractivity contribution in [3.63, 3.8) is 0 Å². The topological polar surface area (TPSA) is 12.9 Å². The van der Waals surface area contributed by atoms with Gasteiger partial charge in [0.05, 0.1) is 4.47 Å². The molecule has 11 heavy (non-hydrogen) atoms. The van der Waals surface area contributed by atoms with Crippen LogP contribution in [0.25, 0.3) is 0 Å². The highest BCUT2D eigenvalue weighted by Gasteiger charge is 2.09. The highest BCUT2D eigenvalue weighted by atomic mass is 79.9. The van der Waals surface area contributed by atoms with Crippen molar-refractivity contribution in [3.8, 4) is 0 Å². The lowest BCUT2D eigenvalue weighted by atomic mass is 10.3. The summed E-state index contributed by atoms with van der Waals surface area (Å²) in [5.41, 5.74) is -0.293. The molecule has 0 bridgehead atoms. The minimum atomic E-state index is -2.61. The van der Waals surface area contributed by atoms with Crippen molar-refractivity contribution in [2.24, 2.45) is 0 Å². The Morgan fingerprint density at radius 1 is 1.45 bits per heavy atom. The number of aromatic nitrogens is 1. The van der Waals surface area contributed by atoms with Gasteiger partial charge in [-0.3, -0.25) is 0 Å². The average Bonchev–Trinajstić information content (AvgIpc) is 1.94. The number of rotatable bonds is 1. The first-order chi connectivity index (χ1) is 5.11. The molecular formula is C6H3BrF3N. The predicted molar refractivity (Wildman–Crippen MR) is 36.9 cm³/mol. The Labute approximate surface area is 69.4 Å². The first-order valence-electron chi connectivity index (χ1n) is 2.70. The van der Waals surface area contributed by atoms with Gasteiger partial charge in [-0.25, -0.2) is 13.8 Å². The first kappa shape index (κ1) is 8.52. The molecule has 0 fully saturated rings. The normalized spacial score (nSPS) is 10.6. The van der Waals surface area contributed by atoms with Crippen LogP contribution in [0.1, 0.15) is 12.0 Å². The van der Waals surface area contributed by atoms with Gasteiger partial charge < -0.3 is 0 Å². The van der Waals surface area contributed by atoms with Crippen molar-refractivity contribution in [3.05, 3.63) is 28.2 Å². The Hall–Kier alpha value is -0.580. The van der Waals surface area contributed by atoms with Gasteiger partial charge in [-0.1, -0.05) is 0 Å². The molecule has 0 N–H and O–H groups in total. The third-order valence-corrected chi connectivity index (χ3v) is 1.63. The van der Waals surface area contributed by atoms with Gasteiger partial charge in [0, 0.05) is 11.8 Å². The van der Waals surface area contributed by atoms with E-state index in [4.69, 9.17) is 0 Å². The van der Waals surface area contributed by atoms with Gasteiger partial charge >= 0.3 is 0 Å². The SMILES string of the molecule is Fc1ncc(C(F)F)cc1Br. The van der Waals surface area contributed by atoms with Gasteiger partial charge in [-0.15, -0.1) is 0 Å². The van der Waals surface area contributed by atoms with E-state index in [9.17, 15) is 13.2 Å². The van der Waals surface area contributed by atoms with E-state index in [0.29, 0.717) is 0 Å². The van der Waals surface area contributed by atoms with E-state index < -0.39 is 12.4 Å². The lowest BCUT2D eigenvalue weighted by Crippen LogP contribution is -1.89. The molecule has 1 nitrogen and oxygen atoms in total. The van der Waals surface area contributed by atoms with Crippen molar-refractivity contribution in [2.45, 2.75) is 6.43 Å². The second kappa shape index (κ2) is 3.21. The molecular weight excluding hydrogens is 223 g/mol. The number of pyridine rings is 1. The van der Waals surface area contributed by atoms with Crippen LogP contribution in [0.3, 0.4) is 0 Å². The van der Waals surface area contributed by atoms with E-state index in [1.54, 1.807) is 0 Å². The molecule has 0 aliphatic rings. The van der Waals surface area contributed by atoms with E-state index in [1.165, 1.54) is 0 Å². The highest BCUT2D eigenvalue weighted by Crippen LogP contribution is 2.22. The van der Waals surface area contributed by atoms with Crippen LogP contribution in [0.2, 0.25) is 0 Å². The summed E-state index contributed by atoms with van der Waals surface area (Å²) in [5.74, 6) is -0.783. The fourth-order valence-electron chi connectivity index (χ4n) is 0.555. The first-order valence-corrected chi connectivity index (χ1v) is 3.49. The molecule has 0 spiro atoms. The molecule has 1 rings (SSSR count). The number of hydrogen-bond acceptors (Lipinski definition) is 1. The smallest absolute Gasteiger partial charge is 0.227 e. The zero-order chi connectivity index (χ0) is 8.43. The minimum Gasteiger partial charge on any atom is -0.227 e. The maximum absolute atomic E-state index is 12.4. The largest absolute Gasteiger partial charge is 0.265 e. The van der Waals surface area contributed by atoms with E-state index in [0.717, 1.165) is 12.3 Å². The maximum atomic E-state index is 12.4. The molecule has 0 aliphatic heterocycles. The molecule has 1 aromatic rings. The van der Waals surface area contributed by atoms with Crippen LogP contribution < -0.4 is 0 Å². The Kier molecular flexibility index (Phi) is 2.49. The van der Waals surface area contributed by atoms with Gasteiger partial charge in [-0.2, -0.15) is 4.39 Å². The molecule has 1 aromatic heterocycles. The lowest BCUT2D eigenvalue weighted by molar-refractivity contribution is 0.150. The van der Waals surface area contributed by atoms with Crippen LogP contribution in [0.5, 0.6) is 0 Å². The summed E-state index contributed by atoms with van der Waals surface area (Å²) in [6.45, 7) is 0. The molecule has 60 valence electrons. The van der Waals surface area contributed by atoms with Gasteiger partial charge in [0.2, 0.25) is 5.95 Å². The summed E-state index contributed by atoms with van der Waals surface area (Å²) in [7, 11) is 0. The van der Waals surface area contributed by atoms with Crippen LogP contribution in [-0.2, 0) is 0 Å².